The van der Waals surface area contributed by atoms with Gasteiger partial charge in [-0.25, -0.2) is 0 Å². The highest BCUT2D eigenvalue weighted by Gasteiger charge is 2.41. The summed E-state index contributed by atoms with van der Waals surface area (Å²) in [5.74, 6) is 0.0193. The van der Waals surface area contributed by atoms with E-state index in [0.717, 1.165) is 19.3 Å². The second kappa shape index (κ2) is 6.08. The van der Waals surface area contributed by atoms with E-state index in [4.69, 9.17) is 9.84 Å². The van der Waals surface area contributed by atoms with Gasteiger partial charge < -0.3 is 15.2 Å². The van der Waals surface area contributed by atoms with Crippen LogP contribution in [-0.2, 0) is 9.53 Å². The normalized spacial score (nSPS) is 17.5. The predicted molar refractivity (Wildman–Crippen MR) is 57.5 cm³/mol. The number of carbonyl (C=O) groups is 1. The smallest absolute Gasteiger partial charge is 0.222 e. The number of aliphatic hydroxyl groups excluding tert-OH is 1. The molecule has 4 heteroatoms. The van der Waals surface area contributed by atoms with Crippen molar-refractivity contribution in [2.75, 3.05) is 26.4 Å². The van der Waals surface area contributed by atoms with Gasteiger partial charge in [0, 0.05) is 25.0 Å². The lowest BCUT2D eigenvalue weighted by Crippen LogP contribution is -2.32. The third kappa shape index (κ3) is 4.62. The Hall–Kier alpha value is -0.610. The van der Waals surface area contributed by atoms with Gasteiger partial charge in [0.25, 0.3) is 0 Å². The minimum Gasteiger partial charge on any atom is -0.396 e. The third-order valence-electron chi connectivity index (χ3n) is 2.77. The van der Waals surface area contributed by atoms with Crippen molar-refractivity contribution in [3.8, 4) is 0 Å². The first kappa shape index (κ1) is 12.5. The first-order chi connectivity index (χ1) is 7.22. The van der Waals surface area contributed by atoms with Crippen molar-refractivity contribution in [1.82, 2.24) is 5.32 Å². The van der Waals surface area contributed by atoms with Crippen LogP contribution in [-0.4, -0.2) is 37.4 Å². The topological polar surface area (TPSA) is 58.6 Å². The van der Waals surface area contributed by atoms with Gasteiger partial charge in [-0.05, 0) is 19.3 Å². The summed E-state index contributed by atoms with van der Waals surface area (Å²) in [5, 5.41) is 11.9. The van der Waals surface area contributed by atoms with Crippen LogP contribution >= 0.6 is 0 Å². The molecule has 0 atom stereocenters. The molecule has 1 amide bonds. The lowest BCUT2D eigenvalue weighted by Gasteiger charge is -2.12. The van der Waals surface area contributed by atoms with Crippen LogP contribution in [0.1, 0.15) is 32.6 Å². The minimum absolute atomic E-state index is 0.0000638. The molecule has 0 aromatic heterocycles. The van der Waals surface area contributed by atoms with E-state index in [1.54, 1.807) is 0 Å². The fourth-order valence-electron chi connectivity index (χ4n) is 1.35. The Morgan fingerprint density at radius 2 is 2.20 bits per heavy atom. The first-order valence-corrected chi connectivity index (χ1v) is 5.68. The minimum atomic E-state index is -0.0000638. The number of rotatable bonds is 8. The summed E-state index contributed by atoms with van der Waals surface area (Å²) in [5.41, 5.74) is -0.0000638. The molecule has 0 radical (unpaired) electrons. The number of nitrogens with one attached hydrogen (secondary N) is 1. The van der Waals surface area contributed by atoms with E-state index in [1.165, 1.54) is 0 Å². The van der Waals surface area contributed by atoms with Gasteiger partial charge in [0.1, 0.15) is 0 Å². The van der Waals surface area contributed by atoms with Gasteiger partial charge in [0.2, 0.25) is 5.91 Å². The van der Waals surface area contributed by atoms with Crippen molar-refractivity contribution < 1.29 is 14.6 Å². The summed E-state index contributed by atoms with van der Waals surface area (Å²) in [6.07, 6.45) is 3.45. The van der Waals surface area contributed by atoms with E-state index in [2.05, 4.69) is 5.32 Å². The molecule has 15 heavy (non-hydrogen) atoms. The maximum Gasteiger partial charge on any atom is 0.222 e. The van der Waals surface area contributed by atoms with Gasteiger partial charge in [-0.1, -0.05) is 6.92 Å². The molecule has 0 heterocycles. The van der Waals surface area contributed by atoms with E-state index >= 15 is 0 Å². The Balaban J connectivity index is 1.99. The van der Waals surface area contributed by atoms with Crippen molar-refractivity contribution in [1.29, 1.82) is 0 Å². The van der Waals surface area contributed by atoms with Crippen molar-refractivity contribution in [2.24, 2.45) is 5.41 Å². The Kier molecular flexibility index (Phi) is 5.05. The Labute approximate surface area is 91.0 Å². The van der Waals surface area contributed by atoms with Gasteiger partial charge in [-0.15, -0.1) is 0 Å². The van der Waals surface area contributed by atoms with Crippen LogP contribution in [0, 0.1) is 5.41 Å². The first-order valence-electron chi connectivity index (χ1n) is 5.68. The zero-order valence-corrected chi connectivity index (χ0v) is 9.42. The average Bonchev–Trinajstić information content (AvgIpc) is 3.02. The molecule has 0 aliphatic heterocycles. The van der Waals surface area contributed by atoms with Crippen LogP contribution < -0.4 is 5.32 Å². The van der Waals surface area contributed by atoms with E-state index in [0.29, 0.717) is 26.2 Å². The van der Waals surface area contributed by atoms with Crippen LogP contribution in [0.2, 0.25) is 0 Å². The summed E-state index contributed by atoms with van der Waals surface area (Å²) in [4.78, 5) is 11.3. The molecule has 1 rings (SSSR count). The molecular weight excluding hydrogens is 194 g/mol. The molecular formula is C11H21NO3. The number of aliphatic hydroxyl groups is 1. The number of ether oxygens (including phenoxy) is 1. The summed E-state index contributed by atoms with van der Waals surface area (Å²) < 4.78 is 5.22. The highest BCUT2D eigenvalue weighted by Crippen LogP contribution is 2.44. The molecule has 1 aliphatic rings. The second-order valence-corrected chi connectivity index (χ2v) is 4.30. The zero-order chi connectivity index (χ0) is 11.1. The Bertz CT molecular complexity index is 202. The van der Waals surface area contributed by atoms with Gasteiger partial charge >= 0.3 is 0 Å². The van der Waals surface area contributed by atoms with Crippen molar-refractivity contribution >= 4 is 5.91 Å². The van der Waals surface area contributed by atoms with Crippen LogP contribution in [0.25, 0.3) is 0 Å². The lowest BCUT2D eigenvalue weighted by molar-refractivity contribution is -0.122. The van der Waals surface area contributed by atoms with Crippen LogP contribution in [0.15, 0.2) is 0 Å². The molecule has 88 valence electrons. The number of hydrogen-bond acceptors (Lipinski definition) is 3. The maximum atomic E-state index is 11.3. The highest BCUT2D eigenvalue weighted by atomic mass is 16.5. The van der Waals surface area contributed by atoms with Crippen molar-refractivity contribution in [3.05, 3.63) is 0 Å². The van der Waals surface area contributed by atoms with Crippen LogP contribution in [0.5, 0.6) is 0 Å². The zero-order valence-electron chi connectivity index (χ0n) is 9.42. The summed E-state index contributed by atoms with van der Waals surface area (Å²) in [7, 11) is 0. The van der Waals surface area contributed by atoms with E-state index in [9.17, 15) is 4.79 Å². The van der Waals surface area contributed by atoms with E-state index in [-0.39, 0.29) is 17.9 Å². The fourth-order valence-corrected chi connectivity index (χ4v) is 1.35. The summed E-state index contributed by atoms with van der Waals surface area (Å²) in [6, 6.07) is 0. The molecule has 0 unspecified atom stereocenters. The molecule has 1 fully saturated rings. The molecule has 2 N–H and O–H groups in total. The summed E-state index contributed by atoms with van der Waals surface area (Å²) >= 11 is 0. The van der Waals surface area contributed by atoms with Crippen LogP contribution in [0.4, 0.5) is 0 Å². The Morgan fingerprint density at radius 3 is 2.73 bits per heavy atom. The number of carbonyl (C=O) groups excluding carboxylic acids is 1. The number of hydrogen-bond donors (Lipinski definition) is 2. The van der Waals surface area contributed by atoms with Gasteiger partial charge in [-0.3, -0.25) is 4.79 Å². The van der Waals surface area contributed by atoms with Crippen molar-refractivity contribution in [3.63, 3.8) is 0 Å². The maximum absolute atomic E-state index is 11.3. The second-order valence-electron chi connectivity index (χ2n) is 4.30. The Morgan fingerprint density at radius 1 is 1.47 bits per heavy atom. The van der Waals surface area contributed by atoms with E-state index in [1.807, 2.05) is 6.92 Å². The van der Waals surface area contributed by atoms with Crippen LogP contribution in [0.3, 0.4) is 0 Å². The van der Waals surface area contributed by atoms with E-state index < -0.39 is 0 Å². The average molecular weight is 215 g/mol. The molecule has 0 spiro atoms. The largest absolute Gasteiger partial charge is 0.396 e. The predicted octanol–water partition coefficient (Wildman–Crippen LogP) is 0.692. The van der Waals surface area contributed by atoms with Crippen molar-refractivity contribution in [2.45, 2.75) is 32.6 Å². The van der Waals surface area contributed by atoms with Gasteiger partial charge in [0.05, 0.1) is 13.2 Å². The fraction of sp³-hybridized carbons (Fsp3) is 0.909. The molecule has 1 aliphatic carbocycles. The molecule has 0 aromatic rings. The quantitative estimate of drug-likeness (QED) is 0.586. The molecule has 0 bridgehead atoms. The standard InChI is InChI=1S/C11H21NO3/c1-2-6-15-7-3-10(14)12-8-11(9-13)4-5-11/h13H,2-9H2,1H3,(H,12,14). The van der Waals surface area contributed by atoms with Gasteiger partial charge in [0.15, 0.2) is 0 Å². The third-order valence-corrected chi connectivity index (χ3v) is 2.77. The molecule has 4 nitrogen and oxygen atoms in total. The van der Waals surface area contributed by atoms with Gasteiger partial charge in [-0.2, -0.15) is 0 Å². The summed E-state index contributed by atoms with van der Waals surface area (Å²) in [6.45, 7) is 4.04. The SMILES string of the molecule is CCCOCCC(=O)NCC1(CO)CC1. The monoisotopic (exact) mass is 215 g/mol. The molecule has 0 aromatic carbocycles. The highest BCUT2D eigenvalue weighted by molar-refractivity contribution is 5.76. The number of amides is 1. The lowest BCUT2D eigenvalue weighted by atomic mass is 10.1. The molecule has 1 saturated carbocycles. The molecule has 0 saturated heterocycles.